The maximum absolute atomic E-state index is 11.5. The van der Waals surface area contributed by atoms with Gasteiger partial charge in [-0.2, -0.15) is 0 Å². The third-order valence-electron chi connectivity index (χ3n) is 9.25. The van der Waals surface area contributed by atoms with Crippen LogP contribution in [0, 0.1) is 47.9 Å². The zero-order chi connectivity index (χ0) is 34.1. The molecule has 0 saturated carbocycles. The molecule has 0 fully saturated rings. The van der Waals surface area contributed by atoms with Crippen molar-refractivity contribution >= 4 is 17.5 Å². The van der Waals surface area contributed by atoms with Crippen molar-refractivity contribution in [1.29, 1.82) is 0 Å². The Balaban J connectivity index is 1.34. The minimum absolute atomic E-state index is 0.0184. The van der Waals surface area contributed by atoms with Gasteiger partial charge in [-0.15, -0.1) is 0 Å². The van der Waals surface area contributed by atoms with Crippen LogP contribution in [0.25, 0.3) is 0 Å². The van der Waals surface area contributed by atoms with E-state index < -0.39 is 0 Å². The van der Waals surface area contributed by atoms with Crippen molar-refractivity contribution in [3.05, 3.63) is 62.0 Å². The van der Waals surface area contributed by atoms with Crippen LogP contribution in [-0.4, -0.2) is 117 Å². The topological polar surface area (TPSA) is 162 Å². The summed E-state index contributed by atoms with van der Waals surface area (Å²) in [6, 6.07) is 0.377. The van der Waals surface area contributed by atoms with Gasteiger partial charge in [0.25, 0.3) is 0 Å². The van der Waals surface area contributed by atoms with Gasteiger partial charge in [0.1, 0.15) is 31.3 Å². The van der Waals surface area contributed by atoms with Crippen LogP contribution in [0.2, 0.25) is 0 Å². The Kier molecular flexibility index (Phi) is 12.6. The van der Waals surface area contributed by atoms with Crippen LogP contribution >= 0.6 is 0 Å². The molecule has 0 bridgehead atoms. The highest BCUT2D eigenvalue weighted by atomic mass is 16.6. The fraction of sp³-hybridized carbons (Fsp3) is 0.677. The standard InChI is InChI=1S/C31H50N12O4/c1-24-20-32-26(3)38(24)16-12-36(14-18-40-28(5)34-22-30(40)42(44)45)10-8-7-9-11-37(13-17-39-25(2)21-33-27(39)4)15-19-41-29(6)35-23-31(41)43(46)47/h20,22-23,25H,7-19,21H2,1-6H3. The zero-order valence-electron chi connectivity index (χ0n) is 28.7. The average molecular weight is 655 g/mol. The molecule has 0 saturated heterocycles. The molecule has 3 aromatic heterocycles. The van der Waals surface area contributed by atoms with Crippen LogP contribution in [-0.2, 0) is 19.6 Å². The first-order valence-corrected chi connectivity index (χ1v) is 16.5. The van der Waals surface area contributed by atoms with Gasteiger partial charge in [0, 0.05) is 71.0 Å². The van der Waals surface area contributed by atoms with Crippen molar-refractivity contribution in [2.24, 2.45) is 4.99 Å². The number of hydrogen-bond donors (Lipinski definition) is 0. The molecule has 1 aliphatic heterocycles. The predicted octanol–water partition coefficient (Wildman–Crippen LogP) is 3.62. The van der Waals surface area contributed by atoms with E-state index in [4.69, 9.17) is 0 Å². The summed E-state index contributed by atoms with van der Waals surface area (Å²) in [6.07, 6.45) is 7.54. The molecule has 0 aromatic carbocycles. The number of nitrogens with zero attached hydrogens (tertiary/aromatic N) is 12. The minimum Gasteiger partial charge on any atom is -0.358 e. The molecule has 0 N–H and O–H groups in total. The summed E-state index contributed by atoms with van der Waals surface area (Å²) in [5.74, 6) is 3.37. The lowest BCUT2D eigenvalue weighted by Crippen LogP contribution is -2.41. The Morgan fingerprint density at radius 3 is 1.55 bits per heavy atom. The van der Waals surface area contributed by atoms with Gasteiger partial charge in [0.15, 0.2) is 11.6 Å². The van der Waals surface area contributed by atoms with Gasteiger partial charge in [0.2, 0.25) is 0 Å². The number of aromatic nitrogens is 6. The fourth-order valence-corrected chi connectivity index (χ4v) is 6.32. The van der Waals surface area contributed by atoms with E-state index in [1.165, 1.54) is 12.4 Å². The zero-order valence-corrected chi connectivity index (χ0v) is 28.7. The smallest absolute Gasteiger partial charge is 0.342 e. The normalized spacial score (nSPS) is 14.9. The molecule has 4 heterocycles. The summed E-state index contributed by atoms with van der Waals surface area (Å²) in [5, 5.41) is 23.1. The lowest BCUT2D eigenvalue weighted by molar-refractivity contribution is -0.392. The van der Waals surface area contributed by atoms with Gasteiger partial charge in [-0.3, -0.25) is 14.8 Å². The molecule has 258 valence electrons. The van der Waals surface area contributed by atoms with E-state index >= 15 is 0 Å². The largest absolute Gasteiger partial charge is 0.358 e. The van der Waals surface area contributed by atoms with Crippen LogP contribution < -0.4 is 0 Å². The van der Waals surface area contributed by atoms with Crippen LogP contribution in [0.5, 0.6) is 0 Å². The highest BCUT2D eigenvalue weighted by Gasteiger charge is 2.23. The second kappa shape index (κ2) is 16.6. The molecule has 1 unspecified atom stereocenters. The summed E-state index contributed by atoms with van der Waals surface area (Å²) >= 11 is 0. The number of amidine groups is 1. The lowest BCUT2D eigenvalue weighted by Gasteiger charge is -2.29. The second-order valence-electron chi connectivity index (χ2n) is 12.4. The van der Waals surface area contributed by atoms with Gasteiger partial charge in [-0.1, -0.05) is 6.42 Å². The SMILES string of the molecule is CC1=NCC(C)N1CCN(CCCCCN(CCn1c(C)cnc1C)CCn1c([N+](=O)[O-])cnc1C)CCn1c([N+](=O)[O-])cnc1C. The van der Waals surface area contributed by atoms with Crippen molar-refractivity contribution in [3.8, 4) is 0 Å². The van der Waals surface area contributed by atoms with Crippen molar-refractivity contribution in [2.45, 2.75) is 86.5 Å². The number of aryl methyl sites for hydroxylation is 4. The van der Waals surface area contributed by atoms with Crippen LogP contribution in [0.4, 0.5) is 11.6 Å². The summed E-state index contributed by atoms with van der Waals surface area (Å²) in [5.41, 5.74) is 1.12. The summed E-state index contributed by atoms with van der Waals surface area (Å²) in [7, 11) is 0. The molecule has 3 aromatic rings. The first kappa shape index (κ1) is 35.7. The van der Waals surface area contributed by atoms with Crippen molar-refractivity contribution in [1.82, 2.24) is 43.4 Å². The minimum atomic E-state index is -0.376. The molecule has 0 spiro atoms. The monoisotopic (exact) mass is 654 g/mol. The molecule has 0 aliphatic carbocycles. The molecule has 4 rings (SSSR count). The Hall–Kier alpha value is -4.18. The van der Waals surface area contributed by atoms with E-state index in [9.17, 15) is 20.2 Å². The van der Waals surface area contributed by atoms with Crippen LogP contribution in [0.3, 0.4) is 0 Å². The van der Waals surface area contributed by atoms with Crippen LogP contribution in [0.1, 0.15) is 56.3 Å². The molecule has 16 nitrogen and oxygen atoms in total. The molecule has 0 amide bonds. The van der Waals surface area contributed by atoms with E-state index in [1.54, 1.807) is 23.0 Å². The molecule has 47 heavy (non-hydrogen) atoms. The van der Waals surface area contributed by atoms with Gasteiger partial charge < -0.3 is 29.7 Å². The Morgan fingerprint density at radius 2 is 1.13 bits per heavy atom. The molecule has 16 heteroatoms. The summed E-state index contributed by atoms with van der Waals surface area (Å²) in [6.45, 7) is 20.2. The number of rotatable bonds is 20. The van der Waals surface area contributed by atoms with E-state index in [1.807, 2.05) is 13.1 Å². The molecule has 1 atom stereocenters. The number of imidazole rings is 3. The van der Waals surface area contributed by atoms with Gasteiger partial charge in [-0.25, -0.2) is 24.1 Å². The van der Waals surface area contributed by atoms with E-state index in [0.717, 1.165) is 82.4 Å². The van der Waals surface area contributed by atoms with Crippen molar-refractivity contribution in [3.63, 3.8) is 0 Å². The van der Waals surface area contributed by atoms with Crippen molar-refractivity contribution < 1.29 is 9.85 Å². The quantitative estimate of drug-likeness (QED) is 0.0999. The van der Waals surface area contributed by atoms with Gasteiger partial charge in [0.05, 0.1) is 12.4 Å². The maximum Gasteiger partial charge on any atom is 0.342 e. The maximum atomic E-state index is 11.5. The first-order chi connectivity index (χ1) is 22.5. The average Bonchev–Trinajstić information content (AvgIpc) is 3.77. The summed E-state index contributed by atoms with van der Waals surface area (Å²) in [4.78, 5) is 46.8. The Bertz CT molecular complexity index is 1510. The molecular weight excluding hydrogens is 604 g/mol. The predicted molar refractivity (Wildman–Crippen MR) is 180 cm³/mol. The number of nitro groups is 2. The number of unbranched alkanes of at least 4 members (excludes halogenated alkanes) is 2. The van der Waals surface area contributed by atoms with Gasteiger partial charge in [-0.05, 0) is 63.5 Å². The Morgan fingerprint density at radius 1 is 0.681 bits per heavy atom. The van der Waals surface area contributed by atoms with Gasteiger partial charge >= 0.3 is 11.6 Å². The van der Waals surface area contributed by atoms with E-state index in [0.29, 0.717) is 43.9 Å². The Labute approximate surface area is 276 Å². The highest BCUT2D eigenvalue weighted by Crippen LogP contribution is 2.16. The van der Waals surface area contributed by atoms with Crippen LogP contribution in [0.15, 0.2) is 23.6 Å². The molecule has 1 aliphatic rings. The van der Waals surface area contributed by atoms with E-state index in [2.05, 4.69) is 60.0 Å². The lowest BCUT2D eigenvalue weighted by atomic mass is 10.2. The highest BCUT2D eigenvalue weighted by molar-refractivity contribution is 5.81. The first-order valence-electron chi connectivity index (χ1n) is 16.5. The van der Waals surface area contributed by atoms with Crippen molar-refractivity contribution in [2.75, 3.05) is 52.4 Å². The molecule has 0 radical (unpaired) electrons. The third kappa shape index (κ3) is 9.44. The number of hydrogen-bond acceptors (Lipinski definition) is 11. The van der Waals surface area contributed by atoms with E-state index in [-0.39, 0.29) is 21.5 Å². The molecular formula is C31H50N12O4. The third-order valence-corrected chi connectivity index (χ3v) is 9.25. The number of aliphatic imine (C=N–C) groups is 1. The second-order valence-corrected chi connectivity index (χ2v) is 12.4. The summed E-state index contributed by atoms with van der Waals surface area (Å²) < 4.78 is 5.57. The fourth-order valence-electron chi connectivity index (χ4n) is 6.32.